The summed E-state index contributed by atoms with van der Waals surface area (Å²) in [5, 5.41) is 19.3. The molecule has 20 nitrogen and oxygen atoms in total. The molecule has 4 aliphatic rings. The number of fused-ring (bicyclic) bond motifs is 4. The Morgan fingerprint density at radius 1 is 0.459 bits per heavy atom. The second kappa shape index (κ2) is 48.2. The van der Waals surface area contributed by atoms with Gasteiger partial charge in [-0.3, -0.25) is 39.3 Å². The molecule has 4 aromatic heterocycles. The van der Waals surface area contributed by atoms with Crippen LogP contribution in [-0.2, 0) is 43.8 Å². The van der Waals surface area contributed by atoms with Crippen LogP contribution in [-0.4, -0.2) is 181 Å². The average molecular weight is 1830 g/mol. The molecule has 0 saturated carbocycles. The number of nitrogens with zero attached hydrogens (tertiary/aromatic N) is 9. The Bertz CT molecular complexity index is 4580. The summed E-state index contributed by atoms with van der Waals surface area (Å²) in [4.78, 5) is 71.5. The SMILES string of the molecule is CC(C)(C)OC(=O)NCC1CCN(c2ccc(C(F)(F)F)c3ncccc23)CC1.CC(C)(C)OC(=O)NCC1CCNCC1.CCN(CC)CC(=O)CCC1CCN(c2ccc(C(F)(F)F)c3ncccc23)CC1.CCN(CC)CC(=O)O.Cl.Cl.FC(F)(F)c1ccc(Br)c2cccnc12.NCC1CCN(c2ccc(C(F)(F)F)c3ncccc23)CC1. The van der Waals surface area contributed by atoms with E-state index in [4.69, 9.17) is 20.3 Å². The van der Waals surface area contributed by atoms with Crippen molar-refractivity contribution in [2.24, 2.45) is 29.4 Å². The monoisotopic (exact) mass is 1830 g/mol. The van der Waals surface area contributed by atoms with Gasteiger partial charge in [0, 0.05) is 127 Å². The minimum Gasteiger partial charge on any atom is -0.480 e. The first-order valence-electron chi connectivity index (χ1n) is 40.8. The minimum atomic E-state index is -4.44. The van der Waals surface area contributed by atoms with Gasteiger partial charge in [0.1, 0.15) is 17.0 Å². The van der Waals surface area contributed by atoms with Gasteiger partial charge < -0.3 is 51.0 Å². The van der Waals surface area contributed by atoms with Crippen LogP contribution in [0.5, 0.6) is 0 Å². The largest absolute Gasteiger partial charge is 0.480 e. The van der Waals surface area contributed by atoms with E-state index in [0.29, 0.717) is 94.6 Å². The molecule has 2 amide bonds. The zero-order valence-corrected chi connectivity index (χ0v) is 73.9. The number of alkyl carbamates (subject to hydrolysis) is 2. The predicted octanol–water partition coefficient (Wildman–Crippen LogP) is 20.4. The summed E-state index contributed by atoms with van der Waals surface area (Å²) in [7, 11) is 0. The van der Waals surface area contributed by atoms with E-state index in [1.165, 1.54) is 36.9 Å². The third-order valence-electron chi connectivity index (χ3n) is 21.1. The van der Waals surface area contributed by atoms with Crippen LogP contribution in [0.25, 0.3) is 43.6 Å². The molecule has 122 heavy (non-hydrogen) atoms. The Balaban J connectivity index is 0.000000269. The van der Waals surface area contributed by atoms with E-state index >= 15 is 0 Å². The average Bonchev–Trinajstić information content (AvgIpc) is 0.784. The molecule has 8 aromatic rings. The number of rotatable bonds is 19. The van der Waals surface area contributed by atoms with Gasteiger partial charge in [-0.25, -0.2) is 9.59 Å². The predicted molar refractivity (Wildman–Crippen MR) is 465 cm³/mol. The number of ketones is 1. The number of carbonyl (C=O) groups is 4. The van der Waals surface area contributed by atoms with Crippen molar-refractivity contribution >= 4 is 125 Å². The van der Waals surface area contributed by atoms with E-state index in [2.05, 4.69) is 85.3 Å². The Labute approximate surface area is 726 Å². The summed E-state index contributed by atoms with van der Waals surface area (Å²) in [5.41, 5.74) is 4.34. The Hall–Kier alpha value is -8.34. The smallest absolute Gasteiger partial charge is 0.418 e. The highest BCUT2D eigenvalue weighted by Gasteiger charge is 2.38. The van der Waals surface area contributed by atoms with Gasteiger partial charge in [-0.15, -0.1) is 24.8 Å². The molecule has 12 rings (SSSR count). The second-order valence-electron chi connectivity index (χ2n) is 32.0. The van der Waals surface area contributed by atoms with Crippen LogP contribution in [0.3, 0.4) is 0 Å². The number of benzene rings is 4. The van der Waals surface area contributed by atoms with Gasteiger partial charge in [0.25, 0.3) is 0 Å². The number of carboxylic acid groups (broad SMARTS) is 1. The molecule has 4 aliphatic heterocycles. The molecule has 0 aliphatic carbocycles. The number of alkyl halides is 12. The van der Waals surface area contributed by atoms with Crippen LogP contribution in [0.4, 0.5) is 79.3 Å². The van der Waals surface area contributed by atoms with E-state index in [9.17, 15) is 71.9 Å². The van der Waals surface area contributed by atoms with E-state index in [-0.39, 0.29) is 59.5 Å². The van der Waals surface area contributed by atoms with Gasteiger partial charge in [-0.1, -0.05) is 49.7 Å². The van der Waals surface area contributed by atoms with Gasteiger partial charge in [0.05, 0.1) is 57.4 Å². The first kappa shape index (κ1) is 104. The molecule has 35 heteroatoms. The van der Waals surface area contributed by atoms with Gasteiger partial charge in [-0.2, -0.15) is 52.7 Å². The van der Waals surface area contributed by atoms with E-state index < -0.39 is 70.2 Å². The maximum Gasteiger partial charge on any atom is 0.418 e. The quantitative estimate of drug-likeness (QED) is 0.0473. The van der Waals surface area contributed by atoms with Crippen molar-refractivity contribution in [1.82, 2.24) is 45.7 Å². The van der Waals surface area contributed by atoms with Crippen molar-refractivity contribution in [1.29, 1.82) is 0 Å². The van der Waals surface area contributed by atoms with Crippen LogP contribution in [0.15, 0.2) is 126 Å². The fraction of sp³-hybridized carbons (Fsp3) is 0.540. The molecule has 6 N–H and O–H groups in total. The number of nitrogens with two attached hydrogens (primary N) is 1. The summed E-state index contributed by atoms with van der Waals surface area (Å²) >= 11 is 3.19. The molecular weight excluding hydrogens is 1720 g/mol. The lowest BCUT2D eigenvalue weighted by Gasteiger charge is -2.34. The Morgan fingerprint density at radius 2 is 0.762 bits per heavy atom. The van der Waals surface area contributed by atoms with Crippen LogP contribution in [0, 0.1) is 23.7 Å². The number of aliphatic carboxylic acids is 1. The molecule has 8 heterocycles. The van der Waals surface area contributed by atoms with Crippen molar-refractivity contribution < 1.29 is 86.4 Å². The fourth-order valence-electron chi connectivity index (χ4n) is 14.6. The zero-order chi connectivity index (χ0) is 88.3. The number of hydrogen-bond donors (Lipinski definition) is 5. The molecule has 0 radical (unpaired) electrons. The summed E-state index contributed by atoms with van der Waals surface area (Å²) in [5.74, 6) is 1.44. The lowest BCUT2D eigenvalue weighted by molar-refractivity contribution is -0.138. The summed E-state index contributed by atoms with van der Waals surface area (Å²) < 4.78 is 168. The number of aromatic nitrogens is 4. The van der Waals surface area contributed by atoms with Crippen molar-refractivity contribution in [2.45, 2.75) is 169 Å². The van der Waals surface area contributed by atoms with Gasteiger partial charge in [-0.05, 0) is 260 Å². The van der Waals surface area contributed by atoms with Gasteiger partial charge >= 0.3 is 42.9 Å². The molecule has 0 unspecified atom stereocenters. The first-order chi connectivity index (χ1) is 56.5. The van der Waals surface area contributed by atoms with Crippen LogP contribution >= 0.6 is 40.7 Å². The number of piperidine rings is 4. The van der Waals surface area contributed by atoms with Crippen LogP contribution in [0.1, 0.15) is 156 Å². The van der Waals surface area contributed by atoms with Crippen molar-refractivity contribution in [3.63, 3.8) is 0 Å². The van der Waals surface area contributed by atoms with Crippen molar-refractivity contribution in [3.8, 4) is 0 Å². The number of hydrogen-bond acceptors (Lipinski definition) is 17. The van der Waals surface area contributed by atoms with E-state index in [0.717, 1.165) is 171 Å². The molecule has 0 atom stereocenters. The standard InChI is InChI=1S/C23H30F3N3O.C21H26F3N3O2.C16H18F3N3.C11H22N2O2.C10H5BrF3N.C6H13NO2.2ClH/c1-3-28(4-2)16-18(30)8-7-17-11-14-29(15-12-17)21-10-9-20(23(24,25)26)22-19(21)6-5-13-27-22;1-20(2,3)29-19(28)26-13-14-8-11-27(12-9-14)17-7-6-16(21(22,23)24)18-15(17)5-4-10-25-18;17-16(18,19)13-3-4-14(12-2-1-7-21-15(12)13)22-8-5-11(10-20)6-9-22;1-11(2,3)15-10(14)13-8-9-4-6-12-7-5-9;11-8-4-3-7(10(12,13)14)9-6(8)2-1-5-15-9;1-3-7(4-2)5-6(8)9;;/h5-6,9-10,13,17H,3-4,7-8,11-12,14-16H2,1-2H3;4-7,10,14H,8-9,11-13H2,1-3H3,(H,26,28);1-4,7,11H,5-6,8-10,20H2;9,12H,4-8H2,1-3H3,(H,13,14);1-5H;3-5H2,1-2H3,(H,8,9);2*1H. The molecule has 676 valence electrons. The maximum atomic E-state index is 13.3. The van der Waals surface area contributed by atoms with Gasteiger partial charge in [0.2, 0.25) is 0 Å². The highest BCUT2D eigenvalue weighted by atomic mass is 79.9. The summed E-state index contributed by atoms with van der Waals surface area (Å²) in [6.07, 6.45) is -3.54. The number of carboxylic acids is 1. The Morgan fingerprint density at radius 3 is 1.07 bits per heavy atom. The van der Waals surface area contributed by atoms with Gasteiger partial charge in [0.15, 0.2) is 0 Å². The maximum absolute atomic E-state index is 13.3. The summed E-state index contributed by atoms with van der Waals surface area (Å²) in [6.45, 7) is 31.8. The van der Waals surface area contributed by atoms with Crippen molar-refractivity contribution in [3.05, 3.63) is 149 Å². The molecule has 0 spiro atoms. The number of carbonyl (C=O) groups excluding carboxylic acids is 3. The number of ether oxygens (including phenoxy) is 2. The van der Waals surface area contributed by atoms with Crippen LogP contribution in [0.2, 0.25) is 0 Å². The van der Waals surface area contributed by atoms with E-state index in [1.807, 2.05) is 60.3 Å². The number of halogens is 15. The number of Topliss-reactive ketones (excluding diaryl/α,β-unsaturated/α-hetero) is 1. The highest BCUT2D eigenvalue weighted by molar-refractivity contribution is 9.10. The molecule has 4 aromatic carbocycles. The highest BCUT2D eigenvalue weighted by Crippen LogP contribution is 2.43. The topological polar surface area (TPSA) is 237 Å². The third-order valence-corrected chi connectivity index (χ3v) is 21.8. The Kier molecular flexibility index (Phi) is 41.2. The lowest BCUT2D eigenvalue weighted by Crippen LogP contribution is -2.40. The number of amides is 2. The summed E-state index contributed by atoms with van der Waals surface area (Å²) in [6, 6.07) is 23.8. The van der Waals surface area contributed by atoms with E-state index in [1.54, 1.807) is 60.7 Å². The normalized spacial score (nSPS) is 15.3. The molecular formula is C87H116BrCl2F12N13O7. The number of likely N-dealkylation sites (N-methyl/N-ethyl adjacent to an activating group) is 2. The first-order valence-corrected chi connectivity index (χ1v) is 41.6. The number of nitrogens with one attached hydrogen (secondary N) is 3. The number of anilines is 3. The fourth-order valence-corrected chi connectivity index (χ4v) is 15.0. The van der Waals surface area contributed by atoms with Crippen molar-refractivity contribution in [2.75, 3.05) is 126 Å². The zero-order valence-electron chi connectivity index (χ0n) is 70.7. The molecule has 4 saturated heterocycles. The third kappa shape index (κ3) is 32.6. The second-order valence-corrected chi connectivity index (χ2v) is 32.8. The molecule has 0 bridgehead atoms. The minimum absolute atomic E-state index is 0. The lowest BCUT2D eigenvalue weighted by atomic mass is 9.90. The number of pyridine rings is 4. The molecule has 4 fully saturated rings. The van der Waals surface area contributed by atoms with Crippen LogP contribution < -0.4 is 36.4 Å².